The van der Waals surface area contributed by atoms with Crippen LogP contribution < -0.4 is 21.1 Å². The topological polar surface area (TPSA) is 107 Å². The quantitative estimate of drug-likeness (QED) is 0.389. The van der Waals surface area contributed by atoms with Crippen LogP contribution in [0.15, 0.2) is 36.4 Å². The fourth-order valence-corrected chi connectivity index (χ4v) is 3.96. The molecule has 4 aromatic rings. The van der Waals surface area contributed by atoms with Crippen LogP contribution in [0.3, 0.4) is 0 Å². The number of rotatable bonds is 6. The largest absolute Gasteiger partial charge is 0.573 e. The molecule has 0 unspecified atom stereocenters. The number of aromatic nitrogens is 3. The minimum Gasteiger partial charge on any atom is -0.406 e. The summed E-state index contributed by atoms with van der Waals surface area (Å²) in [6.07, 6.45) is -4.56. The van der Waals surface area contributed by atoms with Gasteiger partial charge in [-0.1, -0.05) is 17.4 Å². The summed E-state index contributed by atoms with van der Waals surface area (Å²) in [5.74, 6) is 0.0271. The van der Waals surface area contributed by atoms with Crippen LogP contribution in [-0.4, -0.2) is 33.5 Å². The lowest BCUT2D eigenvalue weighted by Crippen LogP contribution is -2.30. The molecule has 1 amide bonds. The van der Waals surface area contributed by atoms with Crippen LogP contribution in [0, 0.1) is 0 Å². The number of nitrogens with one attached hydrogen (secondary N) is 2. The van der Waals surface area contributed by atoms with Crippen LogP contribution in [0.1, 0.15) is 5.56 Å². The monoisotopic (exact) mass is 450 g/mol. The van der Waals surface area contributed by atoms with E-state index < -0.39 is 6.36 Å². The summed E-state index contributed by atoms with van der Waals surface area (Å²) in [5, 5.41) is 6.12. The van der Waals surface area contributed by atoms with Crippen LogP contribution in [0.25, 0.3) is 21.3 Å². The molecule has 0 radical (unpaired) electrons. The van der Waals surface area contributed by atoms with Gasteiger partial charge in [-0.25, -0.2) is 9.97 Å². The van der Waals surface area contributed by atoms with Crippen molar-refractivity contribution in [3.63, 3.8) is 0 Å². The number of fused-ring (bicyclic) bond motifs is 2. The van der Waals surface area contributed by atoms with Gasteiger partial charge in [0.25, 0.3) is 0 Å². The zero-order chi connectivity index (χ0) is 22.2. The zero-order valence-electron chi connectivity index (χ0n) is 16.2. The highest BCUT2D eigenvalue weighted by atomic mass is 32.1. The van der Waals surface area contributed by atoms with Gasteiger partial charge in [-0.05, 0) is 29.8 Å². The lowest BCUT2D eigenvalue weighted by atomic mass is 10.1. The molecule has 12 heteroatoms. The summed E-state index contributed by atoms with van der Waals surface area (Å²) in [6.45, 7) is 0.0762. The molecule has 0 aliphatic carbocycles. The summed E-state index contributed by atoms with van der Waals surface area (Å²) in [6, 6.07) is 9.46. The first-order valence-electron chi connectivity index (χ1n) is 9.07. The molecule has 2 aromatic heterocycles. The molecule has 0 saturated carbocycles. The van der Waals surface area contributed by atoms with Gasteiger partial charge in [0.05, 0.1) is 34.3 Å². The summed E-state index contributed by atoms with van der Waals surface area (Å²) in [5.41, 5.74) is 8.19. The average molecular weight is 450 g/mol. The molecule has 2 heterocycles. The van der Waals surface area contributed by atoms with Crippen LogP contribution in [-0.2, 0) is 18.3 Å². The Bertz CT molecular complexity index is 1270. The van der Waals surface area contributed by atoms with Gasteiger partial charge in [-0.3, -0.25) is 4.79 Å². The summed E-state index contributed by atoms with van der Waals surface area (Å²) in [4.78, 5) is 20.7. The highest BCUT2D eigenvalue weighted by Gasteiger charge is 2.31. The smallest absolute Gasteiger partial charge is 0.406 e. The summed E-state index contributed by atoms with van der Waals surface area (Å²) in [7, 11) is 1.81. The Hall–Kier alpha value is -3.38. The maximum absolute atomic E-state index is 12.4. The lowest BCUT2D eigenvalue weighted by molar-refractivity contribution is -0.274. The van der Waals surface area contributed by atoms with Crippen molar-refractivity contribution in [1.82, 2.24) is 19.9 Å². The summed E-state index contributed by atoms with van der Waals surface area (Å²) >= 11 is 1.18. The fourth-order valence-electron chi connectivity index (χ4n) is 3.07. The number of benzene rings is 2. The molecule has 0 aliphatic heterocycles. The minimum absolute atomic E-state index is 0.0762. The molecule has 0 spiro atoms. The Balaban J connectivity index is 1.58. The van der Waals surface area contributed by atoms with Crippen molar-refractivity contribution < 1.29 is 22.7 Å². The number of hydrogen-bond acceptors (Lipinski definition) is 7. The Kier molecular flexibility index (Phi) is 5.41. The standard InChI is InChI=1S/C19H17F3N6O2S/c1-28-14-6-10(7-16(29)24-9-23)2-4-12(14)25-17(28)27-18-26-13-5-3-11(8-15(13)31-18)30-19(20,21)22/h2-6,8H,7,9,23H2,1H3,(H,24,29)(H,25,26,27). The van der Waals surface area contributed by atoms with Gasteiger partial charge in [0.1, 0.15) is 5.75 Å². The number of halogens is 3. The Labute approximate surface area is 177 Å². The second kappa shape index (κ2) is 8.04. The third kappa shape index (κ3) is 4.70. The van der Waals surface area contributed by atoms with E-state index >= 15 is 0 Å². The molecule has 0 fully saturated rings. The van der Waals surface area contributed by atoms with E-state index in [1.807, 2.05) is 29.8 Å². The van der Waals surface area contributed by atoms with Crippen LogP contribution >= 0.6 is 11.3 Å². The van der Waals surface area contributed by atoms with Crippen molar-refractivity contribution in [2.75, 3.05) is 12.0 Å². The van der Waals surface area contributed by atoms with E-state index in [4.69, 9.17) is 5.73 Å². The third-order valence-electron chi connectivity index (χ3n) is 4.42. The van der Waals surface area contributed by atoms with Crippen molar-refractivity contribution >= 4 is 49.6 Å². The maximum atomic E-state index is 12.4. The number of alkyl halides is 3. The maximum Gasteiger partial charge on any atom is 0.573 e. The first-order valence-corrected chi connectivity index (χ1v) is 9.89. The van der Waals surface area contributed by atoms with Gasteiger partial charge < -0.3 is 25.7 Å². The first kappa shape index (κ1) is 20.9. The molecule has 4 rings (SSSR count). The molecule has 0 aliphatic rings. The van der Waals surface area contributed by atoms with E-state index in [0.717, 1.165) is 16.6 Å². The van der Waals surface area contributed by atoms with E-state index in [0.29, 0.717) is 21.3 Å². The van der Waals surface area contributed by atoms with Gasteiger partial charge in [-0.15, -0.1) is 13.2 Å². The molecule has 0 atom stereocenters. The number of imidazole rings is 1. The van der Waals surface area contributed by atoms with Crippen molar-refractivity contribution in [2.24, 2.45) is 12.8 Å². The van der Waals surface area contributed by atoms with Gasteiger partial charge >= 0.3 is 6.36 Å². The number of nitrogens with zero attached hydrogens (tertiary/aromatic N) is 3. The minimum atomic E-state index is -4.75. The molecule has 2 aromatic carbocycles. The van der Waals surface area contributed by atoms with Crippen LogP contribution in [0.5, 0.6) is 5.75 Å². The first-order chi connectivity index (χ1) is 14.7. The van der Waals surface area contributed by atoms with Gasteiger partial charge in [-0.2, -0.15) is 0 Å². The molecule has 0 saturated heterocycles. The highest BCUT2D eigenvalue weighted by molar-refractivity contribution is 7.22. The second-order valence-electron chi connectivity index (χ2n) is 6.62. The summed E-state index contributed by atoms with van der Waals surface area (Å²) < 4.78 is 43.6. The molecule has 31 heavy (non-hydrogen) atoms. The van der Waals surface area contributed by atoms with E-state index in [2.05, 4.69) is 25.3 Å². The number of carbonyl (C=O) groups excluding carboxylic acids is 1. The molecular formula is C19H17F3N6O2S. The van der Waals surface area contributed by atoms with E-state index in [1.165, 1.54) is 29.5 Å². The van der Waals surface area contributed by atoms with Crippen LogP contribution in [0.2, 0.25) is 0 Å². The number of amides is 1. The van der Waals surface area contributed by atoms with Crippen LogP contribution in [0.4, 0.5) is 24.3 Å². The Morgan fingerprint density at radius 1 is 1.19 bits per heavy atom. The Morgan fingerprint density at radius 2 is 1.97 bits per heavy atom. The molecular weight excluding hydrogens is 433 g/mol. The van der Waals surface area contributed by atoms with E-state index in [1.54, 1.807) is 0 Å². The van der Waals surface area contributed by atoms with Crippen molar-refractivity contribution in [3.05, 3.63) is 42.0 Å². The zero-order valence-corrected chi connectivity index (χ0v) is 17.0. The number of hydrogen-bond donors (Lipinski definition) is 3. The lowest BCUT2D eigenvalue weighted by Gasteiger charge is -2.07. The van der Waals surface area contributed by atoms with Gasteiger partial charge in [0.15, 0.2) is 5.13 Å². The second-order valence-corrected chi connectivity index (χ2v) is 7.65. The number of anilines is 2. The average Bonchev–Trinajstić information content (AvgIpc) is 3.21. The highest BCUT2D eigenvalue weighted by Crippen LogP contribution is 2.33. The van der Waals surface area contributed by atoms with Crippen molar-refractivity contribution in [3.8, 4) is 5.75 Å². The number of nitrogens with two attached hydrogens (primary N) is 1. The number of aryl methyl sites for hydroxylation is 1. The predicted molar refractivity (Wildman–Crippen MR) is 111 cm³/mol. The SMILES string of the molecule is Cn1c(Nc2nc3ccc(OC(F)(F)F)cc3s2)nc2ccc(CC(=O)NCN)cc21. The van der Waals surface area contributed by atoms with Gasteiger partial charge in [0, 0.05) is 13.1 Å². The number of carbonyl (C=O) groups is 1. The predicted octanol–water partition coefficient (Wildman–Crippen LogP) is 3.40. The molecule has 8 nitrogen and oxygen atoms in total. The third-order valence-corrected chi connectivity index (χ3v) is 5.35. The normalized spacial score (nSPS) is 11.8. The van der Waals surface area contributed by atoms with Crippen molar-refractivity contribution in [1.29, 1.82) is 0 Å². The number of thiazole rings is 1. The van der Waals surface area contributed by atoms with E-state index in [9.17, 15) is 18.0 Å². The Morgan fingerprint density at radius 3 is 2.71 bits per heavy atom. The van der Waals surface area contributed by atoms with E-state index in [-0.39, 0.29) is 24.7 Å². The fraction of sp³-hybridized carbons (Fsp3) is 0.211. The van der Waals surface area contributed by atoms with Gasteiger partial charge in [0.2, 0.25) is 11.9 Å². The molecule has 4 N–H and O–H groups in total. The van der Waals surface area contributed by atoms with Crippen molar-refractivity contribution in [2.45, 2.75) is 12.8 Å². The number of ether oxygens (including phenoxy) is 1. The molecule has 162 valence electrons. The molecule has 0 bridgehead atoms.